The first-order chi connectivity index (χ1) is 6.59. The zero-order valence-electron chi connectivity index (χ0n) is 8.35. The van der Waals surface area contributed by atoms with E-state index in [2.05, 4.69) is 11.5 Å². The first-order valence-corrected chi connectivity index (χ1v) is 6.66. The Hall–Kier alpha value is -0.390. The molecule has 0 amide bonds. The van der Waals surface area contributed by atoms with E-state index in [9.17, 15) is 8.42 Å². The molecule has 14 heavy (non-hydrogen) atoms. The summed E-state index contributed by atoms with van der Waals surface area (Å²) in [6.45, 7) is 5.68. The Labute approximate surface area is 85.7 Å². The SMILES string of the molecule is C=CCN(CCN)C1CCS(=O)(=O)C1. The van der Waals surface area contributed by atoms with Gasteiger partial charge >= 0.3 is 0 Å². The summed E-state index contributed by atoms with van der Waals surface area (Å²) in [5.74, 6) is 0.594. The van der Waals surface area contributed by atoms with Crippen LogP contribution >= 0.6 is 0 Å². The van der Waals surface area contributed by atoms with E-state index in [1.165, 1.54) is 0 Å². The van der Waals surface area contributed by atoms with E-state index >= 15 is 0 Å². The summed E-state index contributed by atoms with van der Waals surface area (Å²) in [7, 11) is -2.79. The quantitative estimate of drug-likeness (QED) is 0.639. The molecule has 1 aliphatic heterocycles. The van der Waals surface area contributed by atoms with E-state index in [-0.39, 0.29) is 11.8 Å². The van der Waals surface area contributed by atoms with Crippen molar-refractivity contribution in [2.24, 2.45) is 5.73 Å². The molecule has 1 unspecified atom stereocenters. The van der Waals surface area contributed by atoms with Gasteiger partial charge in [0.15, 0.2) is 9.84 Å². The lowest BCUT2D eigenvalue weighted by Crippen LogP contribution is -2.39. The monoisotopic (exact) mass is 218 g/mol. The van der Waals surface area contributed by atoms with Crippen molar-refractivity contribution in [3.8, 4) is 0 Å². The van der Waals surface area contributed by atoms with Crippen molar-refractivity contribution in [2.75, 3.05) is 31.1 Å². The lowest BCUT2D eigenvalue weighted by Gasteiger charge is -2.25. The molecule has 0 radical (unpaired) electrons. The lowest BCUT2D eigenvalue weighted by atomic mass is 10.2. The summed E-state index contributed by atoms with van der Waals surface area (Å²) < 4.78 is 22.5. The summed E-state index contributed by atoms with van der Waals surface area (Å²) in [4.78, 5) is 2.09. The van der Waals surface area contributed by atoms with E-state index in [4.69, 9.17) is 5.73 Å². The Morgan fingerprint density at radius 2 is 2.29 bits per heavy atom. The predicted molar refractivity (Wildman–Crippen MR) is 57.9 cm³/mol. The van der Waals surface area contributed by atoms with Crippen molar-refractivity contribution in [1.82, 2.24) is 4.90 Å². The first kappa shape index (κ1) is 11.7. The fraction of sp³-hybridized carbons (Fsp3) is 0.778. The zero-order valence-corrected chi connectivity index (χ0v) is 9.17. The maximum atomic E-state index is 11.3. The van der Waals surface area contributed by atoms with Gasteiger partial charge in [0.25, 0.3) is 0 Å². The Morgan fingerprint density at radius 1 is 1.57 bits per heavy atom. The highest BCUT2D eigenvalue weighted by atomic mass is 32.2. The molecule has 1 atom stereocenters. The second-order valence-electron chi connectivity index (χ2n) is 3.63. The standard InChI is InChI=1S/C9H18N2O2S/c1-2-5-11(6-4-10)9-3-7-14(12,13)8-9/h2,9H,1,3-8,10H2. The van der Waals surface area contributed by atoms with Crippen LogP contribution in [-0.2, 0) is 9.84 Å². The minimum Gasteiger partial charge on any atom is -0.329 e. The van der Waals surface area contributed by atoms with Gasteiger partial charge in [-0.05, 0) is 6.42 Å². The second-order valence-corrected chi connectivity index (χ2v) is 5.86. The van der Waals surface area contributed by atoms with Gasteiger partial charge in [0, 0.05) is 25.7 Å². The molecular weight excluding hydrogens is 200 g/mol. The molecule has 1 saturated heterocycles. The number of nitrogens with zero attached hydrogens (tertiary/aromatic N) is 1. The van der Waals surface area contributed by atoms with Gasteiger partial charge in [-0.1, -0.05) is 6.08 Å². The molecule has 82 valence electrons. The van der Waals surface area contributed by atoms with Gasteiger partial charge in [-0.25, -0.2) is 8.42 Å². The molecule has 0 saturated carbocycles. The third-order valence-electron chi connectivity index (χ3n) is 2.50. The molecule has 0 aromatic heterocycles. The van der Waals surface area contributed by atoms with Crippen LogP contribution in [0.5, 0.6) is 0 Å². The fourth-order valence-corrected chi connectivity index (χ4v) is 3.58. The van der Waals surface area contributed by atoms with Crippen LogP contribution in [0, 0.1) is 0 Å². The lowest BCUT2D eigenvalue weighted by molar-refractivity contribution is 0.242. The highest BCUT2D eigenvalue weighted by Crippen LogP contribution is 2.17. The Balaban J connectivity index is 2.57. The number of hydrogen-bond acceptors (Lipinski definition) is 4. The summed E-state index contributed by atoms with van der Waals surface area (Å²) >= 11 is 0. The maximum absolute atomic E-state index is 11.3. The Morgan fingerprint density at radius 3 is 2.71 bits per heavy atom. The van der Waals surface area contributed by atoms with Gasteiger partial charge in [-0.2, -0.15) is 0 Å². The van der Waals surface area contributed by atoms with E-state index in [1.54, 1.807) is 6.08 Å². The third-order valence-corrected chi connectivity index (χ3v) is 4.26. The van der Waals surface area contributed by atoms with Crippen LogP contribution in [0.3, 0.4) is 0 Å². The van der Waals surface area contributed by atoms with Gasteiger partial charge in [0.05, 0.1) is 11.5 Å². The van der Waals surface area contributed by atoms with Crippen LogP contribution in [0.25, 0.3) is 0 Å². The van der Waals surface area contributed by atoms with Crippen LogP contribution in [0.4, 0.5) is 0 Å². The van der Waals surface area contributed by atoms with Gasteiger partial charge in [0.1, 0.15) is 0 Å². The zero-order chi connectivity index (χ0) is 10.6. The van der Waals surface area contributed by atoms with Crippen molar-refractivity contribution in [1.29, 1.82) is 0 Å². The van der Waals surface area contributed by atoms with E-state index in [0.717, 1.165) is 19.5 Å². The third kappa shape index (κ3) is 3.08. The van der Waals surface area contributed by atoms with Gasteiger partial charge in [-0.15, -0.1) is 6.58 Å². The molecule has 2 N–H and O–H groups in total. The van der Waals surface area contributed by atoms with Crippen LogP contribution < -0.4 is 5.73 Å². The van der Waals surface area contributed by atoms with Gasteiger partial charge in [0.2, 0.25) is 0 Å². The summed E-state index contributed by atoms with van der Waals surface area (Å²) in [6.07, 6.45) is 2.52. The summed E-state index contributed by atoms with van der Waals surface area (Å²) in [5, 5.41) is 0. The largest absolute Gasteiger partial charge is 0.329 e. The van der Waals surface area contributed by atoms with Crippen LogP contribution in [-0.4, -0.2) is 50.5 Å². The average Bonchev–Trinajstić information content (AvgIpc) is 2.46. The molecule has 0 aromatic carbocycles. The number of rotatable bonds is 5. The molecule has 1 heterocycles. The molecule has 0 bridgehead atoms. The number of sulfone groups is 1. The topological polar surface area (TPSA) is 63.4 Å². The van der Waals surface area contributed by atoms with Crippen LogP contribution in [0.2, 0.25) is 0 Å². The fourth-order valence-electron chi connectivity index (χ4n) is 1.82. The van der Waals surface area contributed by atoms with Crippen molar-refractivity contribution in [2.45, 2.75) is 12.5 Å². The van der Waals surface area contributed by atoms with E-state index in [1.807, 2.05) is 0 Å². The van der Waals surface area contributed by atoms with Gasteiger partial charge in [-0.3, -0.25) is 4.90 Å². The van der Waals surface area contributed by atoms with Crippen molar-refractivity contribution >= 4 is 9.84 Å². The number of nitrogens with two attached hydrogens (primary N) is 1. The highest BCUT2D eigenvalue weighted by molar-refractivity contribution is 7.91. The molecule has 0 aliphatic carbocycles. The normalized spacial score (nSPS) is 25.4. The second kappa shape index (κ2) is 4.91. The molecule has 0 aromatic rings. The highest BCUT2D eigenvalue weighted by Gasteiger charge is 2.31. The average molecular weight is 218 g/mol. The van der Waals surface area contributed by atoms with E-state index in [0.29, 0.717) is 12.3 Å². The van der Waals surface area contributed by atoms with Crippen molar-refractivity contribution in [3.05, 3.63) is 12.7 Å². The molecule has 1 fully saturated rings. The minimum absolute atomic E-state index is 0.140. The van der Waals surface area contributed by atoms with Crippen LogP contribution in [0.15, 0.2) is 12.7 Å². The molecule has 5 heteroatoms. The van der Waals surface area contributed by atoms with Crippen molar-refractivity contribution < 1.29 is 8.42 Å². The Bertz CT molecular complexity index is 287. The summed E-state index contributed by atoms with van der Waals surface area (Å²) in [5.41, 5.74) is 5.47. The summed E-state index contributed by atoms with van der Waals surface area (Å²) in [6, 6.07) is 0.140. The predicted octanol–water partition coefficient (Wildman–Crippen LogP) is -0.380. The molecular formula is C9H18N2O2S. The number of hydrogen-bond donors (Lipinski definition) is 1. The van der Waals surface area contributed by atoms with E-state index < -0.39 is 9.84 Å². The first-order valence-electron chi connectivity index (χ1n) is 4.84. The maximum Gasteiger partial charge on any atom is 0.151 e. The molecule has 4 nitrogen and oxygen atoms in total. The molecule has 1 aliphatic rings. The minimum atomic E-state index is -2.79. The van der Waals surface area contributed by atoms with Crippen LogP contribution in [0.1, 0.15) is 6.42 Å². The Kier molecular flexibility index (Phi) is 4.10. The molecule has 1 rings (SSSR count). The van der Waals surface area contributed by atoms with Crippen molar-refractivity contribution in [3.63, 3.8) is 0 Å². The smallest absolute Gasteiger partial charge is 0.151 e. The van der Waals surface area contributed by atoms with Gasteiger partial charge < -0.3 is 5.73 Å². The molecule has 0 spiro atoms.